The molecule has 14 heteroatoms. The smallest absolute Gasteiger partial charge is 0.338 e. The average Bonchev–Trinajstić information content (AvgIpc) is 3.41. The molecule has 39 heavy (non-hydrogen) atoms. The molecule has 0 amide bonds. The molecule has 4 unspecified atom stereocenters. The molecule has 0 bridgehead atoms. The van der Waals surface area contributed by atoms with Gasteiger partial charge in [-0.2, -0.15) is 9.97 Å². The highest BCUT2D eigenvalue weighted by Crippen LogP contribution is 2.44. The minimum Gasteiger partial charge on any atom is -0.459 e. The predicted octanol–water partition coefficient (Wildman–Crippen LogP) is 5.08. The van der Waals surface area contributed by atoms with Crippen molar-refractivity contribution in [3.05, 3.63) is 81.2 Å². The van der Waals surface area contributed by atoms with Gasteiger partial charge in [0.15, 0.2) is 28.8 Å². The molecule has 1 aliphatic heterocycles. The molecule has 0 radical (unpaired) electrons. The summed E-state index contributed by atoms with van der Waals surface area (Å²) in [6.07, 6.45) is -2.90. The van der Waals surface area contributed by atoms with E-state index in [1.807, 2.05) is 0 Å². The molecule has 0 spiro atoms. The van der Waals surface area contributed by atoms with E-state index in [9.17, 15) is 9.59 Å². The van der Waals surface area contributed by atoms with Gasteiger partial charge < -0.3 is 19.9 Å². The van der Waals surface area contributed by atoms with Crippen molar-refractivity contribution in [1.29, 1.82) is 0 Å². The molecule has 1 saturated heterocycles. The Morgan fingerprint density at radius 3 is 2.23 bits per heavy atom. The summed E-state index contributed by atoms with van der Waals surface area (Å²) in [5.41, 5.74) is 3.99. The number of nitrogen functional groups attached to an aromatic ring is 1. The van der Waals surface area contributed by atoms with E-state index in [1.54, 1.807) is 0 Å². The fourth-order valence-corrected chi connectivity index (χ4v) is 4.67. The summed E-state index contributed by atoms with van der Waals surface area (Å²) in [6.45, 7) is 0.747. The number of carbonyl (C=O) groups excluding carboxylic acids is 2. The van der Waals surface area contributed by atoms with E-state index in [2.05, 4.69) is 15.0 Å². The summed E-state index contributed by atoms with van der Waals surface area (Å²) >= 11 is 17.9. The summed E-state index contributed by atoms with van der Waals surface area (Å²) in [6, 6.07) is 11.9. The molecule has 0 saturated carbocycles. The first-order chi connectivity index (χ1) is 18.5. The van der Waals surface area contributed by atoms with Crippen molar-refractivity contribution in [1.82, 2.24) is 19.5 Å². The summed E-state index contributed by atoms with van der Waals surface area (Å²) < 4.78 is 34.8. The lowest BCUT2D eigenvalue weighted by Gasteiger charge is -2.27. The number of carbonyl (C=O) groups is 2. The molecule has 1 fully saturated rings. The van der Waals surface area contributed by atoms with Crippen LogP contribution in [-0.4, -0.2) is 55.9 Å². The largest absolute Gasteiger partial charge is 0.459 e. The molecule has 4 aromatic rings. The summed E-state index contributed by atoms with van der Waals surface area (Å²) in [5, 5.41) is 0.812. The molecule has 4 atom stereocenters. The molecule has 202 valence electrons. The third-order valence-electron chi connectivity index (χ3n) is 6.10. The van der Waals surface area contributed by atoms with Gasteiger partial charge in [0.05, 0.1) is 17.5 Å². The van der Waals surface area contributed by atoms with Crippen LogP contribution in [-0.2, 0) is 14.2 Å². The number of anilines is 1. The van der Waals surface area contributed by atoms with Crippen molar-refractivity contribution >= 4 is 63.9 Å². The molecule has 2 aromatic carbocycles. The Labute approximate surface area is 235 Å². The lowest BCUT2D eigenvalue weighted by molar-refractivity contribution is -0.0611. The Balaban J connectivity index is 1.46. The zero-order valence-electron chi connectivity index (χ0n) is 20.1. The Kier molecular flexibility index (Phi) is 7.34. The minimum atomic E-state index is -2.36. The predicted molar refractivity (Wildman–Crippen MR) is 141 cm³/mol. The molecule has 5 rings (SSSR count). The Morgan fingerprint density at radius 1 is 1.03 bits per heavy atom. The fraction of sp³-hybridized carbons (Fsp3) is 0.240. The molecule has 2 N–H and O–H groups in total. The number of hydrogen-bond acceptors (Lipinski definition) is 9. The second-order valence-electron chi connectivity index (χ2n) is 8.81. The first kappa shape index (κ1) is 27.1. The van der Waals surface area contributed by atoms with Gasteiger partial charge in [0.25, 0.3) is 0 Å². The van der Waals surface area contributed by atoms with Gasteiger partial charge >= 0.3 is 11.9 Å². The molecule has 2 aromatic heterocycles. The summed E-state index contributed by atoms with van der Waals surface area (Å²) in [5.74, 6) is -1.70. The highest BCUT2D eigenvalue weighted by Gasteiger charge is 2.58. The minimum absolute atomic E-state index is 0.0334. The fourth-order valence-electron chi connectivity index (χ4n) is 4.20. The lowest BCUT2D eigenvalue weighted by Crippen LogP contribution is -2.44. The number of halogens is 4. The van der Waals surface area contributed by atoms with Gasteiger partial charge in [-0.05, 0) is 55.5 Å². The van der Waals surface area contributed by atoms with Gasteiger partial charge in [0.2, 0.25) is 5.95 Å². The first-order valence-corrected chi connectivity index (χ1v) is 12.6. The number of alkyl halides is 1. The van der Waals surface area contributed by atoms with Crippen LogP contribution in [0.15, 0.2) is 54.9 Å². The maximum Gasteiger partial charge on any atom is 0.338 e. The number of aromatic nitrogens is 4. The number of imidazole rings is 1. The van der Waals surface area contributed by atoms with Crippen molar-refractivity contribution in [2.24, 2.45) is 0 Å². The van der Waals surface area contributed by atoms with Gasteiger partial charge in [-0.3, -0.25) is 4.57 Å². The second kappa shape index (κ2) is 10.6. The van der Waals surface area contributed by atoms with Crippen LogP contribution >= 0.6 is 34.8 Å². The Morgan fingerprint density at radius 2 is 1.62 bits per heavy atom. The number of nitrogens with zero attached hydrogens (tertiary/aromatic N) is 4. The van der Waals surface area contributed by atoms with Crippen molar-refractivity contribution in [3.8, 4) is 0 Å². The molecular weight excluding hydrogens is 576 g/mol. The number of hydrogen-bond donors (Lipinski definition) is 1. The summed E-state index contributed by atoms with van der Waals surface area (Å²) in [7, 11) is 0. The van der Waals surface area contributed by atoms with E-state index in [-0.39, 0.29) is 33.4 Å². The second-order valence-corrected chi connectivity index (χ2v) is 10.0. The standard InChI is InChI=1S/C25H19Cl3FN5O5/c1-25(29)18(39-22(36)13-4-8-15(27)9-5-13)16(10-37-21(35)12-2-6-14(26)7-3-12)38-23(25)34-11-31-17-19(28)32-24(30)33-20(17)34/h2-9,11,16,18,23H,10H2,1H3,(H2,30,32,33). The number of rotatable bonds is 6. The zero-order chi connectivity index (χ0) is 27.9. The number of nitrogens with two attached hydrogens (primary N) is 1. The van der Waals surface area contributed by atoms with E-state index < -0.39 is 42.7 Å². The van der Waals surface area contributed by atoms with E-state index in [0.717, 1.165) is 0 Å². The molecule has 10 nitrogen and oxygen atoms in total. The van der Waals surface area contributed by atoms with Crippen LogP contribution in [0.1, 0.15) is 33.9 Å². The van der Waals surface area contributed by atoms with Crippen LogP contribution < -0.4 is 5.73 Å². The van der Waals surface area contributed by atoms with E-state index >= 15 is 4.39 Å². The maximum atomic E-state index is 16.6. The van der Waals surface area contributed by atoms with Crippen molar-refractivity contribution in [3.63, 3.8) is 0 Å². The third kappa shape index (κ3) is 5.35. The van der Waals surface area contributed by atoms with Crippen LogP contribution in [0.3, 0.4) is 0 Å². The van der Waals surface area contributed by atoms with Gasteiger partial charge in [-0.1, -0.05) is 34.8 Å². The number of ether oxygens (including phenoxy) is 3. The first-order valence-electron chi connectivity index (χ1n) is 11.4. The van der Waals surface area contributed by atoms with Crippen molar-refractivity contribution in [2.75, 3.05) is 12.3 Å². The summed E-state index contributed by atoms with van der Waals surface area (Å²) in [4.78, 5) is 37.7. The molecule has 0 aliphatic carbocycles. The Hall–Kier alpha value is -3.51. The molecule has 1 aliphatic rings. The highest BCUT2D eigenvalue weighted by atomic mass is 35.5. The van der Waals surface area contributed by atoms with E-state index in [1.165, 1.54) is 66.3 Å². The van der Waals surface area contributed by atoms with E-state index in [0.29, 0.717) is 10.0 Å². The van der Waals surface area contributed by atoms with Crippen LogP contribution in [0.2, 0.25) is 15.2 Å². The van der Waals surface area contributed by atoms with E-state index in [4.69, 9.17) is 54.7 Å². The zero-order valence-corrected chi connectivity index (χ0v) is 22.3. The maximum absolute atomic E-state index is 16.6. The number of fused-ring (bicyclic) bond motifs is 1. The average molecular weight is 595 g/mol. The van der Waals surface area contributed by atoms with Crippen LogP contribution in [0.25, 0.3) is 11.2 Å². The normalized spacial score (nSPS) is 22.6. The quantitative estimate of drug-likeness (QED) is 0.240. The van der Waals surface area contributed by atoms with Crippen molar-refractivity contribution < 1.29 is 28.2 Å². The monoisotopic (exact) mass is 593 g/mol. The van der Waals surface area contributed by atoms with Crippen LogP contribution in [0.4, 0.5) is 10.3 Å². The topological polar surface area (TPSA) is 131 Å². The van der Waals surface area contributed by atoms with Gasteiger partial charge in [-0.15, -0.1) is 0 Å². The third-order valence-corrected chi connectivity index (χ3v) is 6.87. The van der Waals surface area contributed by atoms with Crippen molar-refractivity contribution in [2.45, 2.75) is 31.0 Å². The Bertz CT molecular complexity index is 1550. The van der Waals surface area contributed by atoms with Crippen LogP contribution in [0.5, 0.6) is 0 Å². The highest BCUT2D eigenvalue weighted by molar-refractivity contribution is 6.33. The lowest BCUT2D eigenvalue weighted by atomic mass is 9.98. The molecular formula is C25H19Cl3FN5O5. The SMILES string of the molecule is CC1(F)C(OC(=O)c2ccc(Cl)cc2)C(COC(=O)c2ccc(Cl)cc2)OC1n1cnc2c(Cl)nc(N)nc21. The van der Waals surface area contributed by atoms with Gasteiger partial charge in [0, 0.05) is 10.0 Å². The molecule has 3 heterocycles. The number of esters is 2. The number of benzene rings is 2. The van der Waals surface area contributed by atoms with Crippen LogP contribution in [0, 0.1) is 0 Å². The van der Waals surface area contributed by atoms with Gasteiger partial charge in [-0.25, -0.2) is 19.0 Å². The van der Waals surface area contributed by atoms with Gasteiger partial charge in [0.1, 0.15) is 18.2 Å².